The van der Waals surface area contributed by atoms with Crippen LogP contribution in [0, 0.1) is 17.8 Å². The highest BCUT2D eigenvalue weighted by Gasteiger charge is 2.45. The number of benzene rings is 1. The van der Waals surface area contributed by atoms with Crippen molar-refractivity contribution in [3.63, 3.8) is 0 Å². The molecule has 6 aliphatic rings. The number of carbonyl (C=O) groups excluding carboxylic acids is 2. The van der Waals surface area contributed by atoms with Gasteiger partial charge in [-0.2, -0.15) is 0 Å². The van der Waals surface area contributed by atoms with Crippen LogP contribution in [0.5, 0.6) is 5.75 Å². The Morgan fingerprint density at radius 1 is 1.11 bits per heavy atom. The molecule has 5 heterocycles. The van der Waals surface area contributed by atoms with Gasteiger partial charge in [-0.3, -0.25) is 14.5 Å². The number of methoxy groups -OCH3 is 1. The first-order chi connectivity index (χ1) is 27.1. The monoisotopic (exact) mass is 941 g/mol. The number of hydrogen-bond donors (Lipinski definition) is 2. The summed E-state index contributed by atoms with van der Waals surface area (Å²) in [6.07, 6.45) is 8.57. The van der Waals surface area contributed by atoms with Crippen LogP contribution in [0.4, 0.5) is 5.82 Å². The van der Waals surface area contributed by atoms with Crippen molar-refractivity contribution in [1.29, 1.82) is 0 Å². The smallest absolute Gasteiger partial charge is 0.283 e. The van der Waals surface area contributed by atoms with Crippen molar-refractivity contribution in [2.45, 2.75) is 76.0 Å². The van der Waals surface area contributed by atoms with E-state index in [9.17, 15) is 18.0 Å². The fraction of sp³-hybridized carbons (Fsp3) is 0.643. The van der Waals surface area contributed by atoms with Gasteiger partial charge >= 0.3 is 0 Å². The number of aryl methyl sites for hydroxylation is 1. The van der Waals surface area contributed by atoms with Crippen LogP contribution < -0.4 is 19.7 Å². The van der Waals surface area contributed by atoms with Crippen molar-refractivity contribution < 1.29 is 32.2 Å². The molecule has 15 heteroatoms. The van der Waals surface area contributed by atoms with E-state index >= 15 is 0 Å². The number of rotatable bonds is 4. The molecule has 3 fully saturated rings. The number of amides is 1. The highest BCUT2D eigenvalue weighted by atomic mass is 127. The molecule has 1 amide bonds. The molecule has 2 N–H and O–H groups in total. The van der Waals surface area contributed by atoms with E-state index in [-0.39, 0.29) is 55.1 Å². The number of alkyl halides is 1. The molecule has 2 aromatic rings. The maximum absolute atomic E-state index is 13.5. The van der Waals surface area contributed by atoms with Crippen LogP contribution in [-0.2, 0) is 36.1 Å². The minimum atomic E-state index is -4.09. The molecular formula is C42H61ClIN5O7S. The SMILES string of the molecule is C.C1CN(C2COC2)CCN1.CI.COCC[C@@H]1[C@@H](C)C/C=C/C(=O)[C@@H]2CC[C@H]2CN2C[C@@]3(CCCc4cc(Cl)ccc43)COc3ccc(nc32)C(=O)NS1(=O)=O. The summed E-state index contributed by atoms with van der Waals surface area (Å²) in [5.41, 5.74) is 2.08. The van der Waals surface area contributed by atoms with Gasteiger partial charge in [-0.05, 0) is 103 Å². The number of halogens is 2. The molecule has 8 rings (SSSR count). The molecule has 57 heavy (non-hydrogen) atoms. The lowest BCUT2D eigenvalue weighted by molar-refractivity contribution is -0.122. The number of ketones is 1. The normalized spacial score (nSPS) is 29.0. The lowest BCUT2D eigenvalue weighted by Gasteiger charge is -2.43. The summed E-state index contributed by atoms with van der Waals surface area (Å²) in [5, 5.41) is 3.15. The van der Waals surface area contributed by atoms with Gasteiger partial charge in [0.25, 0.3) is 5.91 Å². The van der Waals surface area contributed by atoms with E-state index in [4.69, 9.17) is 30.8 Å². The van der Waals surface area contributed by atoms with Gasteiger partial charge in [-0.1, -0.05) is 60.7 Å². The molecule has 5 atom stereocenters. The second kappa shape index (κ2) is 20.8. The van der Waals surface area contributed by atoms with Gasteiger partial charge in [-0.25, -0.2) is 18.1 Å². The Hall–Kier alpha value is -2.34. The fourth-order valence-corrected chi connectivity index (χ4v) is 10.8. The van der Waals surface area contributed by atoms with Crippen molar-refractivity contribution in [1.82, 2.24) is 19.9 Å². The second-order valence-corrected chi connectivity index (χ2v) is 18.2. The number of nitrogens with zero attached hydrogens (tertiary/aromatic N) is 3. The third-order valence-electron chi connectivity index (χ3n) is 12.3. The number of piperazine rings is 1. The fourth-order valence-electron chi connectivity index (χ4n) is 8.94. The highest BCUT2D eigenvalue weighted by Crippen LogP contribution is 2.45. The first-order valence-electron chi connectivity index (χ1n) is 19.9. The standard InChI is InChI=1S/C33H40ClN3O6S.C7H14N2O.CH3I.CH4/c1-21-5-3-7-28(38)25-10-8-23(25)18-37-19-33(15-4-6-22-17-24(34)9-11-26(22)33)20-43-29-13-12-27(35-31(29)37)32(39)36-44(40,41)30(21)14-16-42-2;1-3-9(4-2-8-1)7-5-10-6-7;1-2;/h3,7,9,11-13,17,21,23,25,30H,4-6,8,10,14-16,18-20H2,1-2H3,(H,36,39);7-8H,1-6H2;1H3;1H4/b7-3+;;;/t21-,23-,25+,30+,33-;;;/m0.../s1. The predicted molar refractivity (Wildman–Crippen MR) is 235 cm³/mol. The van der Waals surface area contributed by atoms with Crippen LogP contribution in [0.1, 0.15) is 74.5 Å². The number of sulfonamides is 1. The zero-order chi connectivity index (χ0) is 39.9. The third kappa shape index (κ3) is 10.7. The number of aromatic nitrogens is 1. The quantitative estimate of drug-likeness (QED) is 0.283. The van der Waals surface area contributed by atoms with Crippen molar-refractivity contribution in [2.24, 2.45) is 17.8 Å². The van der Waals surface area contributed by atoms with Crippen LogP contribution in [0.3, 0.4) is 0 Å². The van der Waals surface area contributed by atoms with E-state index in [1.807, 2.05) is 24.0 Å². The molecule has 2 aliphatic carbocycles. The average molecular weight is 942 g/mol. The van der Waals surface area contributed by atoms with Crippen LogP contribution in [-0.4, -0.2) is 119 Å². The molecular weight excluding hydrogens is 881 g/mol. The average Bonchev–Trinajstić information content (AvgIpc) is 3.30. The van der Waals surface area contributed by atoms with Gasteiger partial charge in [0.15, 0.2) is 17.4 Å². The number of pyridine rings is 1. The maximum Gasteiger partial charge on any atom is 0.283 e. The second-order valence-electron chi connectivity index (χ2n) is 15.9. The van der Waals surface area contributed by atoms with E-state index in [1.165, 1.54) is 37.4 Å². The molecule has 1 aromatic heterocycles. The van der Waals surface area contributed by atoms with Crippen molar-refractivity contribution in [2.75, 3.05) is 82.6 Å². The van der Waals surface area contributed by atoms with E-state index in [0.29, 0.717) is 42.7 Å². The zero-order valence-corrected chi connectivity index (χ0v) is 36.5. The lowest BCUT2D eigenvalue weighted by Crippen LogP contribution is -2.55. The molecule has 1 aromatic carbocycles. The molecule has 1 spiro atoms. The Morgan fingerprint density at radius 2 is 1.88 bits per heavy atom. The topological polar surface area (TPSA) is 139 Å². The zero-order valence-electron chi connectivity index (χ0n) is 32.8. The number of allylic oxidation sites excluding steroid dienone is 2. The summed E-state index contributed by atoms with van der Waals surface area (Å²) in [5.74, 6) is -0.00478. The van der Waals surface area contributed by atoms with Crippen molar-refractivity contribution >= 4 is 61.7 Å². The van der Waals surface area contributed by atoms with Gasteiger partial charge in [0.05, 0.1) is 31.1 Å². The minimum Gasteiger partial charge on any atom is -0.489 e. The summed E-state index contributed by atoms with van der Waals surface area (Å²) >= 11 is 8.53. The predicted octanol–water partition coefficient (Wildman–Crippen LogP) is 5.84. The largest absolute Gasteiger partial charge is 0.489 e. The molecule has 0 radical (unpaired) electrons. The van der Waals surface area contributed by atoms with Crippen LogP contribution in [0.15, 0.2) is 42.5 Å². The molecule has 0 unspecified atom stereocenters. The van der Waals surface area contributed by atoms with E-state index in [0.717, 1.165) is 64.4 Å². The summed E-state index contributed by atoms with van der Waals surface area (Å²) in [7, 11) is -2.58. The number of nitrogens with one attached hydrogen (secondary N) is 2. The van der Waals surface area contributed by atoms with Gasteiger partial charge in [0.2, 0.25) is 10.0 Å². The van der Waals surface area contributed by atoms with Gasteiger partial charge < -0.3 is 24.4 Å². The summed E-state index contributed by atoms with van der Waals surface area (Å²) < 4.78 is 46.1. The van der Waals surface area contributed by atoms with Crippen molar-refractivity contribution in [3.05, 3.63) is 64.3 Å². The van der Waals surface area contributed by atoms with E-state index in [2.05, 4.69) is 48.5 Å². The molecule has 1 saturated carbocycles. The van der Waals surface area contributed by atoms with Crippen LogP contribution >= 0.6 is 34.2 Å². The third-order valence-corrected chi connectivity index (χ3v) is 14.5. The maximum atomic E-state index is 13.5. The number of ether oxygens (including phenoxy) is 3. The van der Waals surface area contributed by atoms with E-state index < -0.39 is 21.2 Å². The molecule has 2 saturated heterocycles. The molecule has 12 nitrogen and oxygen atoms in total. The number of hydrogen-bond acceptors (Lipinski definition) is 11. The van der Waals surface area contributed by atoms with E-state index in [1.54, 1.807) is 18.2 Å². The minimum absolute atomic E-state index is 0. The van der Waals surface area contributed by atoms with Gasteiger partial charge in [0, 0.05) is 69.3 Å². The molecule has 4 aliphatic heterocycles. The first kappa shape index (κ1) is 45.7. The Labute approximate surface area is 358 Å². The van der Waals surface area contributed by atoms with Crippen molar-refractivity contribution in [3.8, 4) is 5.75 Å². The van der Waals surface area contributed by atoms with Gasteiger partial charge in [-0.15, -0.1) is 0 Å². The Morgan fingerprint density at radius 3 is 2.56 bits per heavy atom. The number of anilines is 1. The number of carbonyl (C=O) groups is 2. The van der Waals surface area contributed by atoms with Crippen LogP contribution in [0.25, 0.3) is 0 Å². The first-order valence-corrected chi connectivity index (χ1v) is 24.0. The summed E-state index contributed by atoms with van der Waals surface area (Å²) in [6, 6.07) is 10.0. The number of fused-ring (bicyclic) bond motifs is 4. The summed E-state index contributed by atoms with van der Waals surface area (Å²) in [4.78, 5) is 38.2. The Kier molecular flexibility index (Phi) is 16.7. The lowest BCUT2D eigenvalue weighted by atomic mass is 9.69. The van der Waals surface area contributed by atoms with Gasteiger partial charge in [0.1, 0.15) is 5.69 Å². The Bertz CT molecular complexity index is 1830. The summed E-state index contributed by atoms with van der Waals surface area (Å²) in [6.45, 7) is 10.3. The van der Waals surface area contributed by atoms with Crippen LogP contribution in [0.2, 0.25) is 5.02 Å². The molecule has 2 bridgehead atoms. The highest BCUT2D eigenvalue weighted by molar-refractivity contribution is 14.1. The molecule has 316 valence electrons. The Balaban J connectivity index is 0.000000409.